The number of rotatable bonds is 10. The van der Waals surface area contributed by atoms with Gasteiger partial charge in [-0.25, -0.2) is 8.42 Å². The van der Waals surface area contributed by atoms with Crippen molar-refractivity contribution in [2.45, 2.75) is 32.2 Å². The van der Waals surface area contributed by atoms with Gasteiger partial charge in [0.05, 0.1) is 23.9 Å². The third-order valence-corrected chi connectivity index (χ3v) is 7.54. The van der Waals surface area contributed by atoms with Crippen molar-refractivity contribution in [3.8, 4) is 5.75 Å². The molecule has 35 heavy (non-hydrogen) atoms. The van der Waals surface area contributed by atoms with Crippen LogP contribution in [0.5, 0.6) is 5.75 Å². The van der Waals surface area contributed by atoms with Gasteiger partial charge in [-0.05, 0) is 48.9 Å². The van der Waals surface area contributed by atoms with Crippen LogP contribution in [0.2, 0.25) is 0 Å². The fourth-order valence-corrected chi connectivity index (χ4v) is 5.17. The van der Waals surface area contributed by atoms with Crippen molar-refractivity contribution in [1.29, 1.82) is 0 Å². The minimum absolute atomic E-state index is 0.0569. The van der Waals surface area contributed by atoms with E-state index >= 15 is 0 Å². The van der Waals surface area contributed by atoms with Gasteiger partial charge in [-0.15, -0.1) is 0 Å². The lowest BCUT2D eigenvalue weighted by molar-refractivity contribution is -0.116. The highest BCUT2D eigenvalue weighted by atomic mass is 32.2. The summed E-state index contributed by atoms with van der Waals surface area (Å²) in [6, 6.07) is 11.5. The first kappa shape index (κ1) is 25.9. The molecule has 0 saturated heterocycles. The molecule has 0 unspecified atom stereocenters. The van der Waals surface area contributed by atoms with Gasteiger partial charge in [0.25, 0.3) is 5.91 Å². The number of ether oxygens (including phenoxy) is 1. The van der Waals surface area contributed by atoms with Crippen LogP contribution in [0.25, 0.3) is 0 Å². The Morgan fingerprint density at radius 2 is 1.71 bits per heavy atom. The van der Waals surface area contributed by atoms with Crippen LogP contribution in [-0.4, -0.2) is 54.5 Å². The van der Waals surface area contributed by atoms with Crippen molar-refractivity contribution in [2.75, 3.05) is 30.8 Å². The second-order valence-electron chi connectivity index (χ2n) is 7.73. The summed E-state index contributed by atoms with van der Waals surface area (Å²) >= 11 is 0. The van der Waals surface area contributed by atoms with Crippen molar-refractivity contribution in [1.82, 2.24) is 14.1 Å². The Kier molecular flexibility index (Phi) is 8.26. The fraction of sp³-hybridized carbons (Fsp3) is 0.292. The number of hydrogen-bond donors (Lipinski definition) is 2. The summed E-state index contributed by atoms with van der Waals surface area (Å²) < 4.78 is 33.7. The molecule has 10 nitrogen and oxygen atoms in total. The largest absolute Gasteiger partial charge is 0.497 e. The first-order chi connectivity index (χ1) is 16.7. The van der Waals surface area contributed by atoms with Crippen molar-refractivity contribution in [3.05, 3.63) is 66.0 Å². The number of methoxy groups -OCH3 is 1. The second kappa shape index (κ2) is 11.2. The zero-order valence-corrected chi connectivity index (χ0v) is 20.9. The average molecular weight is 500 g/mol. The quantitative estimate of drug-likeness (QED) is 0.442. The van der Waals surface area contributed by atoms with Gasteiger partial charge in [-0.2, -0.15) is 9.40 Å². The maximum atomic E-state index is 13.0. The molecule has 0 aliphatic carbocycles. The Labute approximate surface area is 204 Å². The average Bonchev–Trinajstić information content (AvgIpc) is 3.26. The molecule has 0 bridgehead atoms. The molecule has 0 saturated carbocycles. The smallest absolute Gasteiger partial charge is 0.255 e. The third kappa shape index (κ3) is 6.25. The number of carbonyl (C=O) groups excluding carboxylic acids is 2. The lowest BCUT2D eigenvalue weighted by Crippen LogP contribution is -2.31. The Bertz CT molecular complexity index is 1300. The van der Waals surface area contributed by atoms with E-state index in [2.05, 4.69) is 15.7 Å². The van der Waals surface area contributed by atoms with E-state index in [1.165, 1.54) is 27.4 Å². The normalized spacial score (nSPS) is 11.3. The van der Waals surface area contributed by atoms with E-state index in [-0.39, 0.29) is 22.9 Å². The summed E-state index contributed by atoms with van der Waals surface area (Å²) in [5, 5.41) is 9.56. The standard InChI is InChI=1S/C24H29N5O5S/c1-5-29(6-2)35(32,33)22-13-18(8-7-17(22)3)24(31)27-20-14-25-28(15-20)16-23(30)26-19-9-11-21(34-4)12-10-19/h7-15H,5-6,16H2,1-4H3,(H,26,30)(H,27,31). The molecule has 0 aliphatic rings. The summed E-state index contributed by atoms with van der Waals surface area (Å²) in [5.41, 5.74) is 1.75. The van der Waals surface area contributed by atoms with Gasteiger partial charge in [0.15, 0.2) is 0 Å². The van der Waals surface area contributed by atoms with Gasteiger partial charge in [-0.1, -0.05) is 19.9 Å². The van der Waals surface area contributed by atoms with Crippen LogP contribution in [0.3, 0.4) is 0 Å². The predicted octanol–water partition coefficient (Wildman–Crippen LogP) is 3.12. The summed E-state index contributed by atoms with van der Waals surface area (Å²) in [4.78, 5) is 25.2. The highest BCUT2D eigenvalue weighted by Gasteiger charge is 2.24. The van der Waals surface area contributed by atoms with Crippen molar-refractivity contribution in [2.24, 2.45) is 0 Å². The minimum Gasteiger partial charge on any atom is -0.497 e. The summed E-state index contributed by atoms with van der Waals surface area (Å²) in [6.07, 6.45) is 2.94. The first-order valence-corrected chi connectivity index (χ1v) is 12.5. The number of sulfonamides is 1. The van der Waals surface area contributed by atoms with Crippen LogP contribution < -0.4 is 15.4 Å². The molecule has 0 aliphatic heterocycles. The van der Waals surface area contributed by atoms with Crippen LogP contribution in [0.15, 0.2) is 59.8 Å². The predicted molar refractivity (Wildman–Crippen MR) is 133 cm³/mol. The molecule has 0 atom stereocenters. The molecule has 1 heterocycles. The summed E-state index contributed by atoms with van der Waals surface area (Å²) in [6.45, 7) is 5.83. The molecule has 2 aromatic carbocycles. The number of benzene rings is 2. The molecular weight excluding hydrogens is 470 g/mol. The molecule has 186 valence electrons. The second-order valence-corrected chi connectivity index (χ2v) is 9.63. The monoisotopic (exact) mass is 499 g/mol. The van der Waals surface area contributed by atoms with Gasteiger partial charge < -0.3 is 15.4 Å². The maximum absolute atomic E-state index is 13.0. The molecule has 2 N–H and O–H groups in total. The zero-order chi connectivity index (χ0) is 25.6. The van der Waals surface area contributed by atoms with E-state index in [4.69, 9.17) is 4.74 Å². The number of aryl methyl sites for hydroxylation is 1. The van der Waals surface area contributed by atoms with Gasteiger partial charge in [0.2, 0.25) is 15.9 Å². The molecule has 0 radical (unpaired) electrons. The zero-order valence-electron chi connectivity index (χ0n) is 20.1. The first-order valence-electron chi connectivity index (χ1n) is 11.1. The van der Waals surface area contributed by atoms with Crippen molar-refractivity contribution in [3.63, 3.8) is 0 Å². The highest BCUT2D eigenvalue weighted by Crippen LogP contribution is 2.22. The summed E-state index contributed by atoms with van der Waals surface area (Å²) in [5.74, 6) is -0.0917. The van der Waals surface area contributed by atoms with Crippen LogP contribution in [-0.2, 0) is 21.4 Å². The number of anilines is 2. The molecule has 11 heteroatoms. The van der Waals surface area contributed by atoms with Crippen LogP contribution in [0.4, 0.5) is 11.4 Å². The van der Waals surface area contributed by atoms with Crippen LogP contribution in [0.1, 0.15) is 29.8 Å². The lowest BCUT2D eigenvalue weighted by atomic mass is 10.1. The topological polar surface area (TPSA) is 123 Å². The Morgan fingerprint density at radius 3 is 2.34 bits per heavy atom. The van der Waals surface area contributed by atoms with Gasteiger partial charge in [0.1, 0.15) is 12.3 Å². The van der Waals surface area contributed by atoms with Crippen molar-refractivity contribution >= 4 is 33.2 Å². The highest BCUT2D eigenvalue weighted by molar-refractivity contribution is 7.89. The van der Waals surface area contributed by atoms with Crippen LogP contribution >= 0.6 is 0 Å². The van der Waals surface area contributed by atoms with Gasteiger partial charge >= 0.3 is 0 Å². The van der Waals surface area contributed by atoms with E-state index in [0.717, 1.165) is 0 Å². The number of hydrogen-bond acceptors (Lipinski definition) is 6. The van der Waals surface area contributed by atoms with E-state index < -0.39 is 15.9 Å². The Balaban J connectivity index is 1.67. The summed E-state index contributed by atoms with van der Waals surface area (Å²) in [7, 11) is -2.15. The number of nitrogens with one attached hydrogen (secondary N) is 2. The number of nitrogens with zero attached hydrogens (tertiary/aromatic N) is 3. The van der Waals surface area contributed by atoms with Crippen LogP contribution in [0, 0.1) is 6.92 Å². The minimum atomic E-state index is -3.71. The number of amides is 2. The SMILES string of the molecule is CCN(CC)S(=O)(=O)c1cc(C(=O)Nc2cnn(CC(=O)Nc3ccc(OC)cc3)c2)ccc1C. The molecule has 3 rings (SSSR count). The lowest BCUT2D eigenvalue weighted by Gasteiger charge is -2.20. The fourth-order valence-electron chi connectivity index (χ4n) is 3.46. The number of carbonyl (C=O) groups is 2. The van der Waals surface area contributed by atoms with E-state index in [9.17, 15) is 18.0 Å². The molecule has 2 amide bonds. The molecule has 0 fully saturated rings. The molecule has 1 aromatic heterocycles. The Hall–Kier alpha value is -3.70. The third-order valence-electron chi connectivity index (χ3n) is 5.34. The van der Waals surface area contributed by atoms with Gasteiger partial charge in [0, 0.05) is 30.5 Å². The van der Waals surface area contributed by atoms with E-state index in [1.54, 1.807) is 64.3 Å². The maximum Gasteiger partial charge on any atom is 0.255 e. The van der Waals surface area contributed by atoms with Gasteiger partial charge in [-0.3, -0.25) is 14.3 Å². The molecule has 3 aromatic rings. The van der Waals surface area contributed by atoms with E-state index in [0.29, 0.717) is 35.8 Å². The molecular formula is C24H29N5O5S. The van der Waals surface area contributed by atoms with E-state index in [1.807, 2.05) is 0 Å². The number of aromatic nitrogens is 2. The Morgan fingerprint density at radius 1 is 1.03 bits per heavy atom. The van der Waals surface area contributed by atoms with Crippen molar-refractivity contribution < 1.29 is 22.7 Å². The molecule has 0 spiro atoms.